The molecule has 1 heterocycles. The van der Waals surface area contributed by atoms with Crippen molar-refractivity contribution in [3.63, 3.8) is 0 Å². The lowest BCUT2D eigenvalue weighted by Gasteiger charge is -2.14. The van der Waals surface area contributed by atoms with Crippen molar-refractivity contribution in [3.8, 4) is 0 Å². The molecule has 1 unspecified atom stereocenters. The molecule has 1 aliphatic heterocycles. The van der Waals surface area contributed by atoms with Gasteiger partial charge in [0.2, 0.25) is 0 Å². The lowest BCUT2D eigenvalue weighted by Crippen LogP contribution is -2.36. The van der Waals surface area contributed by atoms with E-state index in [1.807, 2.05) is 0 Å². The Balaban J connectivity index is 1.76. The van der Waals surface area contributed by atoms with Gasteiger partial charge < -0.3 is 5.32 Å². The van der Waals surface area contributed by atoms with E-state index in [1.54, 1.807) is 0 Å². The van der Waals surface area contributed by atoms with Gasteiger partial charge in [-0.05, 0) is 25.8 Å². The van der Waals surface area contributed by atoms with Crippen LogP contribution in [0.5, 0.6) is 0 Å². The Bertz CT molecular complexity index is 186. The first-order valence-corrected chi connectivity index (χ1v) is 6.45. The molecule has 0 bridgehead atoms. The summed E-state index contributed by atoms with van der Waals surface area (Å²) in [6.45, 7) is 2.05. The Kier molecular flexibility index (Phi) is 3.35. The minimum atomic E-state index is -0.775. The third kappa shape index (κ3) is 2.51. The summed E-state index contributed by atoms with van der Waals surface area (Å²) in [4.78, 5) is 0. The molecule has 2 rings (SSSR count). The summed E-state index contributed by atoms with van der Waals surface area (Å²) in [6.07, 6.45) is 5.96. The highest BCUT2D eigenvalue weighted by Crippen LogP contribution is 2.22. The van der Waals surface area contributed by atoms with Crippen LogP contribution in [0.4, 0.5) is 0 Å². The molecule has 2 aliphatic rings. The number of nitrogens with one attached hydrogen (secondary N) is 2. The van der Waals surface area contributed by atoms with Gasteiger partial charge in [0.15, 0.2) is 0 Å². The van der Waals surface area contributed by atoms with E-state index in [0.717, 1.165) is 32.4 Å². The van der Waals surface area contributed by atoms with Gasteiger partial charge in [-0.1, -0.05) is 12.8 Å². The maximum atomic E-state index is 11.8. The van der Waals surface area contributed by atoms with Crippen LogP contribution in [-0.4, -0.2) is 28.6 Å². The molecule has 0 aromatic carbocycles. The molecule has 4 heteroatoms. The molecule has 2 N–H and O–H groups in total. The molecule has 2 fully saturated rings. The maximum Gasteiger partial charge on any atom is 0.0950 e. The van der Waals surface area contributed by atoms with Crippen LogP contribution in [0.25, 0.3) is 0 Å². The summed E-state index contributed by atoms with van der Waals surface area (Å²) in [5.74, 6) is 0. The van der Waals surface area contributed by atoms with Crippen molar-refractivity contribution in [2.24, 2.45) is 0 Å². The van der Waals surface area contributed by atoms with E-state index < -0.39 is 11.0 Å². The van der Waals surface area contributed by atoms with E-state index in [4.69, 9.17) is 0 Å². The lowest BCUT2D eigenvalue weighted by atomic mass is 10.3. The van der Waals surface area contributed by atoms with Crippen molar-refractivity contribution in [3.05, 3.63) is 0 Å². The summed E-state index contributed by atoms with van der Waals surface area (Å²) < 4.78 is 15.0. The van der Waals surface area contributed by atoms with E-state index in [-0.39, 0.29) is 0 Å². The summed E-state index contributed by atoms with van der Waals surface area (Å²) in [5.41, 5.74) is 0. The number of hydrogen-bond acceptors (Lipinski definition) is 2. The highest BCUT2D eigenvalue weighted by molar-refractivity contribution is 7.83. The topological polar surface area (TPSA) is 41.1 Å². The van der Waals surface area contributed by atoms with Gasteiger partial charge in [0, 0.05) is 17.8 Å². The molecule has 0 aromatic heterocycles. The SMILES string of the molecule is O=S(N[C@H]1CCNC1)C1CCCC1. The van der Waals surface area contributed by atoms with Crippen LogP contribution in [0, 0.1) is 0 Å². The predicted molar refractivity (Wildman–Crippen MR) is 54.8 cm³/mol. The van der Waals surface area contributed by atoms with Gasteiger partial charge in [-0.15, -0.1) is 0 Å². The minimum absolute atomic E-state index is 0.431. The van der Waals surface area contributed by atoms with Gasteiger partial charge in [-0.25, -0.2) is 8.93 Å². The zero-order chi connectivity index (χ0) is 9.10. The highest BCUT2D eigenvalue weighted by atomic mass is 32.2. The monoisotopic (exact) mass is 202 g/mol. The lowest BCUT2D eigenvalue weighted by molar-refractivity contribution is 0.622. The highest BCUT2D eigenvalue weighted by Gasteiger charge is 2.24. The third-order valence-corrected chi connectivity index (χ3v) is 4.59. The van der Waals surface area contributed by atoms with Gasteiger partial charge in [0.05, 0.1) is 11.0 Å². The van der Waals surface area contributed by atoms with Gasteiger partial charge in [-0.2, -0.15) is 0 Å². The number of hydrogen-bond donors (Lipinski definition) is 2. The van der Waals surface area contributed by atoms with Crippen LogP contribution in [-0.2, 0) is 11.0 Å². The smallest absolute Gasteiger partial charge is 0.0950 e. The van der Waals surface area contributed by atoms with Crippen molar-refractivity contribution in [2.75, 3.05) is 13.1 Å². The van der Waals surface area contributed by atoms with E-state index in [2.05, 4.69) is 10.0 Å². The Morgan fingerprint density at radius 1 is 1.23 bits per heavy atom. The molecular weight excluding hydrogens is 184 g/mol. The first kappa shape index (κ1) is 9.62. The first-order valence-electron chi connectivity index (χ1n) is 5.24. The second kappa shape index (κ2) is 4.53. The van der Waals surface area contributed by atoms with E-state index in [1.165, 1.54) is 12.8 Å². The Hall–Kier alpha value is 0.0700. The third-order valence-electron chi connectivity index (χ3n) is 2.95. The average Bonchev–Trinajstić information content (AvgIpc) is 2.74. The second-order valence-electron chi connectivity index (χ2n) is 4.01. The fraction of sp³-hybridized carbons (Fsp3) is 1.00. The van der Waals surface area contributed by atoms with Gasteiger partial charge >= 0.3 is 0 Å². The van der Waals surface area contributed by atoms with Crippen molar-refractivity contribution < 1.29 is 4.21 Å². The summed E-state index contributed by atoms with van der Waals surface area (Å²) >= 11 is 0. The van der Waals surface area contributed by atoms with Gasteiger partial charge in [0.25, 0.3) is 0 Å². The fourth-order valence-corrected chi connectivity index (χ4v) is 3.60. The Morgan fingerprint density at radius 3 is 2.62 bits per heavy atom. The van der Waals surface area contributed by atoms with Crippen LogP contribution in [0.15, 0.2) is 0 Å². The van der Waals surface area contributed by atoms with Crippen LogP contribution >= 0.6 is 0 Å². The van der Waals surface area contributed by atoms with E-state index in [9.17, 15) is 4.21 Å². The standard InChI is InChI=1S/C9H18N2OS/c12-13(9-3-1-2-4-9)11-8-5-6-10-7-8/h8-11H,1-7H2/t8-,13?/m0/s1. The first-order chi connectivity index (χ1) is 6.36. The van der Waals surface area contributed by atoms with Crippen LogP contribution < -0.4 is 10.0 Å². The molecule has 0 aromatic rings. The summed E-state index contributed by atoms with van der Waals surface area (Å²) in [7, 11) is -0.775. The molecule has 13 heavy (non-hydrogen) atoms. The van der Waals surface area contributed by atoms with Crippen molar-refractivity contribution >= 4 is 11.0 Å². The molecule has 3 nitrogen and oxygen atoms in total. The number of rotatable bonds is 3. The van der Waals surface area contributed by atoms with Crippen LogP contribution in [0.1, 0.15) is 32.1 Å². The van der Waals surface area contributed by atoms with Crippen molar-refractivity contribution in [2.45, 2.75) is 43.4 Å². The molecular formula is C9H18N2OS. The summed E-state index contributed by atoms with van der Waals surface area (Å²) in [5, 5.41) is 3.70. The van der Waals surface area contributed by atoms with Crippen molar-refractivity contribution in [1.29, 1.82) is 0 Å². The zero-order valence-corrected chi connectivity index (χ0v) is 8.74. The minimum Gasteiger partial charge on any atom is -0.315 e. The largest absolute Gasteiger partial charge is 0.315 e. The quantitative estimate of drug-likeness (QED) is 0.701. The molecule has 0 spiro atoms. The zero-order valence-electron chi connectivity index (χ0n) is 7.92. The van der Waals surface area contributed by atoms with Crippen molar-refractivity contribution in [1.82, 2.24) is 10.0 Å². The average molecular weight is 202 g/mol. The Morgan fingerprint density at radius 2 is 2.00 bits per heavy atom. The molecule has 0 amide bonds. The van der Waals surface area contributed by atoms with E-state index >= 15 is 0 Å². The van der Waals surface area contributed by atoms with Gasteiger partial charge in [-0.3, -0.25) is 0 Å². The Labute approximate surface area is 82.3 Å². The van der Waals surface area contributed by atoms with Gasteiger partial charge in [0.1, 0.15) is 0 Å². The van der Waals surface area contributed by atoms with E-state index in [0.29, 0.717) is 11.3 Å². The predicted octanol–water partition coefficient (Wildman–Crippen LogP) is 0.544. The molecule has 1 saturated carbocycles. The van der Waals surface area contributed by atoms with Crippen LogP contribution in [0.2, 0.25) is 0 Å². The summed E-state index contributed by atoms with van der Waals surface area (Å²) in [6, 6.07) is 0.446. The molecule has 1 aliphatic carbocycles. The van der Waals surface area contributed by atoms with Crippen LogP contribution in [0.3, 0.4) is 0 Å². The molecule has 76 valence electrons. The fourth-order valence-electron chi connectivity index (χ4n) is 2.12. The molecule has 1 saturated heterocycles. The second-order valence-corrected chi connectivity index (χ2v) is 5.51. The molecule has 0 radical (unpaired) electrons. The molecule has 2 atom stereocenters. The normalized spacial score (nSPS) is 32.5. The maximum absolute atomic E-state index is 11.8.